The molecule has 0 saturated carbocycles. The lowest BCUT2D eigenvalue weighted by Gasteiger charge is -2.41. The molecule has 1 amide bonds. The fourth-order valence-corrected chi connectivity index (χ4v) is 4.77. The Kier molecular flexibility index (Phi) is 8.68. The van der Waals surface area contributed by atoms with E-state index in [0.29, 0.717) is 12.5 Å². The number of hydrogen-bond acceptors (Lipinski definition) is 5. The van der Waals surface area contributed by atoms with Gasteiger partial charge in [0.2, 0.25) is 5.91 Å². The van der Waals surface area contributed by atoms with Crippen molar-refractivity contribution in [2.75, 3.05) is 46.4 Å². The van der Waals surface area contributed by atoms with E-state index in [0.717, 1.165) is 51.3 Å². The van der Waals surface area contributed by atoms with Crippen LogP contribution >= 0.6 is 11.3 Å². The minimum Gasteiger partial charge on any atom is -0.383 e. The maximum Gasteiger partial charge on any atom is 0.222 e. The minimum absolute atomic E-state index is 0.0713. The third kappa shape index (κ3) is 6.37. The predicted octanol–water partition coefficient (Wildman–Crippen LogP) is 3.39. The Morgan fingerprint density at radius 2 is 2.03 bits per heavy atom. The van der Waals surface area contributed by atoms with Gasteiger partial charge in [-0.3, -0.25) is 14.6 Å². The Bertz CT molecular complexity index is 723. The molecule has 2 unspecified atom stereocenters. The molecular formula is C23H33N3O2S. The first-order valence-electron chi connectivity index (χ1n) is 10.5. The second kappa shape index (κ2) is 11.5. The summed E-state index contributed by atoms with van der Waals surface area (Å²) >= 11 is 1.68. The molecule has 1 aliphatic heterocycles. The highest BCUT2D eigenvalue weighted by molar-refractivity contribution is 7.10. The number of carbonyl (C=O) groups excluding carboxylic acids is 1. The smallest absolute Gasteiger partial charge is 0.222 e. The van der Waals surface area contributed by atoms with Crippen LogP contribution < -0.4 is 5.32 Å². The Morgan fingerprint density at radius 1 is 1.21 bits per heavy atom. The van der Waals surface area contributed by atoms with E-state index in [1.807, 2.05) is 24.3 Å². The molecule has 29 heavy (non-hydrogen) atoms. The van der Waals surface area contributed by atoms with Gasteiger partial charge >= 0.3 is 0 Å². The molecule has 1 saturated heterocycles. The van der Waals surface area contributed by atoms with E-state index in [-0.39, 0.29) is 11.9 Å². The van der Waals surface area contributed by atoms with Crippen molar-refractivity contribution in [2.24, 2.45) is 0 Å². The first-order chi connectivity index (χ1) is 14.2. The molecule has 1 N–H and O–H groups in total. The number of nitrogens with one attached hydrogen (secondary N) is 1. The van der Waals surface area contributed by atoms with E-state index in [9.17, 15) is 4.79 Å². The molecule has 1 aromatic carbocycles. The number of nitrogens with zero attached hydrogens (tertiary/aromatic N) is 2. The number of thiophene rings is 1. The quantitative estimate of drug-likeness (QED) is 0.646. The standard InChI is InChI=1S/C23H33N3O2S/c1-3-20-18-25(13-14-26(20)15-16-28-2)12-11-22(27)24-23(21-10-7-17-29-21)19-8-5-4-6-9-19/h4-10,17,20,23H,3,11-16,18H2,1-2H3,(H,24,27). The highest BCUT2D eigenvalue weighted by atomic mass is 32.1. The summed E-state index contributed by atoms with van der Waals surface area (Å²) in [6.45, 7) is 7.91. The van der Waals surface area contributed by atoms with Gasteiger partial charge in [-0.1, -0.05) is 43.3 Å². The molecule has 6 heteroatoms. The van der Waals surface area contributed by atoms with Crippen LogP contribution in [0.25, 0.3) is 0 Å². The van der Waals surface area contributed by atoms with Gasteiger partial charge in [-0.2, -0.15) is 0 Å². The molecule has 1 fully saturated rings. The zero-order chi connectivity index (χ0) is 20.5. The Balaban J connectivity index is 1.52. The predicted molar refractivity (Wildman–Crippen MR) is 119 cm³/mol. The lowest BCUT2D eigenvalue weighted by molar-refractivity contribution is -0.122. The van der Waals surface area contributed by atoms with E-state index >= 15 is 0 Å². The molecule has 5 nitrogen and oxygen atoms in total. The fraction of sp³-hybridized carbons (Fsp3) is 0.522. The zero-order valence-electron chi connectivity index (χ0n) is 17.5. The van der Waals surface area contributed by atoms with Crippen molar-refractivity contribution in [2.45, 2.75) is 31.8 Å². The van der Waals surface area contributed by atoms with Gasteiger partial charge in [-0.25, -0.2) is 0 Å². The number of methoxy groups -OCH3 is 1. The van der Waals surface area contributed by atoms with Crippen LogP contribution in [0, 0.1) is 0 Å². The van der Waals surface area contributed by atoms with Gasteiger partial charge in [0.05, 0.1) is 12.6 Å². The van der Waals surface area contributed by atoms with Crippen LogP contribution in [-0.2, 0) is 9.53 Å². The van der Waals surface area contributed by atoms with Crippen LogP contribution in [0.2, 0.25) is 0 Å². The van der Waals surface area contributed by atoms with Gasteiger partial charge in [0.1, 0.15) is 0 Å². The number of ether oxygens (including phenoxy) is 1. The van der Waals surface area contributed by atoms with E-state index in [2.05, 4.69) is 45.6 Å². The van der Waals surface area contributed by atoms with Gasteiger partial charge in [0.25, 0.3) is 0 Å². The molecule has 158 valence electrons. The SMILES string of the molecule is CCC1CN(CCC(=O)NC(c2ccccc2)c2cccs2)CCN1CCOC. The molecule has 2 aromatic rings. The van der Waals surface area contributed by atoms with Crippen molar-refractivity contribution >= 4 is 17.2 Å². The molecule has 0 aliphatic carbocycles. The van der Waals surface area contributed by atoms with Crippen LogP contribution in [0.15, 0.2) is 47.8 Å². The largest absolute Gasteiger partial charge is 0.383 e. The maximum absolute atomic E-state index is 12.8. The van der Waals surface area contributed by atoms with Crippen molar-refractivity contribution < 1.29 is 9.53 Å². The van der Waals surface area contributed by atoms with Gasteiger partial charge < -0.3 is 10.1 Å². The monoisotopic (exact) mass is 415 g/mol. The summed E-state index contributed by atoms with van der Waals surface area (Å²) in [5.41, 5.74) is 1.13. The summed E-state index contributed by atoms with van der Waals surface area (Å²) in [4.78, 5) is 18.9. The number of benzene rings is 1. The highest BCUT2D eigenvalue weighted by Crippen LogP contribution is 2.26. The summed E-state index contributed by atoms with van der Waals surface area (Å²) in [7, 11) is 1.76. The van der Waals surface area contributed by atoms with Crippen molar-refractivity contribution in [3.05, 3.63) is 58.3 Å². The minimum atomic E-state index is -0.0713. The Labute approximate surface area is 178 Å². The average molecular weight is 416 g/mol. The first kappa shape index (κ1) is 22.0. The van der Waals surface area contributed by atoms with Crippen molar-refractivity contribution in [3.63, 3.8) is 0 Å². The van der Waals surface area contributed by atoms with Crippen LogP contribution in [0.4, 0.5) is 0 Å². The van der Waals surface area contributed by atoms with Crippen molar-refractivity contribution in [3.8, 4) is 0 Å². The second-order valence-corrected chi connectivity index (χ2v) is 8.55. The summed E-state index contributed by atoms with van der Waals surface area (Å²) in [5, 5.41) is 5.32. The lowest BCUT2D eigenvalue weighted by Crippen LogP contribution is -2.54. The zero-order valence-corrected chi connectivity index (χ0v) is 18.4. The summed E-state index contributed by atoms with van der Waals surface area (Å²) in [6, 6.07) is 14.8. The summed E-state index contributed by atoms with van der Waals surface area (Å²) in [6.07, 6.45) is 1.66. The van der Waals surface area contributed by atoms with Crippen LogP contribution in [0.1, 0.15) is 36.2 Å². The molecule has 3 rings (SSSR count). The van der Waals surface area contributed by atoms with Gasteiger partial charge in [-0.15, -0.1) is 11.3 Å². The fourth-order valence-electron chi connectivity index (χ4n) is 3.96. The Hall–Kier alpha value is -1.73. The number of piperazine rings is 1. The molecule has 0 spiro atoms. The molecule has 0 bridgehead atoms. The number of hydrogen-bond donors (Lipinski definition) is 1. The first-order valence-corrected chi connectivity index (χ1v) is 11.4. The second-order valence-electron chi connectivity index (χ2n) is 7.57. The number of amides is 1. The molecular weight excluding hydrogens is 382 g/mol. The molecule has 2 heterocycles. The lowest BCUT2D eigenvalue weighted by atomic mass is 10.1. The van der Waals surface area contributed by atoms with Gasteiger partial charge in [0.15, 0.2) is 0 Å². The Morgan fingerprint density at radius 3 is 2.72 bits per heavy atom. The molecule has 0 radical (unpaired) electrons. The van der Waals surface area contributed by atoms with Crippen molar-refractivity contribution in [1.29, 1.82) is 0 Å². The topological polar surface area (TPSA) is 44.8 Å². The number of rotatable bonds is 10. The summed E-state index contributed by atoms with van der Waals surface area (Å²) in [5.74, 6) is 0.113. The molecule has 1 aliphatic rings. The van der Waals surface area contributed by atoms with E-state index in [1.54, 1.807) is 18.4 Å². The van der Waals surface area contributed by atoms with Crippen LogP contribution in [0.5, 0.6) is 0 Å². The van der Waals surface area contributed by atoms with E-state index in [1.165, 1.54) is 4.88 Å². The van der Waals surface area contributed by atoms with Crippen LogP contribution in [-0.4, -0.2) is 68.2 Å². The van der Waals surface area contributed by atoms with Gasteiger partial charge in [-0.05, 0) is 23.4 Å². The number of carbonyl (C=O) groups is 1. The molecule has 2 atom stereocenters. The third-order valence-electron chi connectivity index (χ3n) is 5.66. The van der Waals surface area contributed by atoms with Crippen molar-refractivity contribution in [1.82, 2.24) is 15.1 Å². The molecule has 1 aromatic heterocycles. The van der Waals surface area contributed by atoms with Gasteiger partial charge in [0, 0.05) is 57.2 Å². The average Bonchev–Trinajstić information content (AvgIpc) is 3.30. The normalized spacial score (nSPS) is 19.2. The highest BCUT2D eigenvalue weighted by Gasteiger charge is 2.26. The van der Waals surface area contributed by atoms with E-state index < -0.39 is 0 Å². The summed E-state index contributed by atoms with van der Waals surface area (Å²) < 4.78 is 5.24. The van der Waals surface area contributed by atoms with Crippen LogP contribution in [0.3, 0.4) is 0 Å². The third-order valence-corrected chi connectivity index (χ3v) is 6.60. The van der Waals surface area contributed by atoms with E-state index in [4.69, 9.17) is 4.74 Å². The maximum atomic E-state index is 12.8.